The molecule has 0 radical (unpaired) electrons. The van der Waals surface area contributed by atoms with Gasteiger partial charge >= 0.3 is 5.97 Å². The van der Waals surface area contributed by atoms with E-state index in [1.807, 2.05) is 0 Å². The highest BCUT2D eigenvalue weighted by atomic mass is 32.2. The first kappa shape index (κ1) is 15.0. The molecule has 0 aliphatic carbocycles. The minimum absolute atomic E-state index is 0.0336. The SMILES string of the molecule is CC1(C)c2ccccc2N(S(=O)(=O)c2ccns2)C1C(=O)O. The number of rotatable bonds is 3. The van der Waals surface area contributed by atoms with E-state index in [0.717, 1.165) is 15.8 Å². The van der Waals surface area contributed by atoms with Gasteiger partial charge in [0.25, 0.3) is 10.0 Å². The van der Waals surface area contributed by atoms with Crippen LogP contribution < -0.4 is 4.31 Å². The number of hydrogen-bond acceptors (Lipinski definition) is 5. The summed E-state index contributed by atoms with van der Waals surface area (Å²) in [5.41, 5.74) is 0.281. The van der Waals surface area contributed by atoms with Crippen LogP contribution in [0.25, 0.3) is 0 Å². The van der Waals surface area contributed by atoms with Crippen LogP contribution in [-0.4, -0.2) is 29.9 Å². The molecule has 6 nitrogen and oxygen atoms in total. The van der Waals surface area contributed by atoms with E-state index in [0.29, 0.717) is 11.3 Å². The van der Waals surface area contributed by atoms with E-state index < -0.39 is 27.4 Å². The van der Waals surface area contributed by atoms with Crippen LogP contribution in [0.5, 0.6) is 0 Å². The van der Waals surface area contributed by atoms with Gasteiger partial charge in [-0.3, -0.25) is 4.31 Å². The van der Waals surface area contributed by atoms with Crippen molar-refractivity contribution in [1.29, 1.82) is 0 Å². The van der Waals surface area contributed by atoms with Crippen LogP contribution in [0.1, 0.15) is 19.4 Å². The van der Waals surface area contributed by atoms with Gasteiger partial charge in [0.15, 0.2) is 10.3 Å². The van der Waals surface area contributed by atoms with Crippen molar-refractivity contribution in [3.63, 3.8) is 0 Å². The van der Waals surface area contributed by atoms with Crippen molar-refractivity contribution in [1.82, 2.24) is 4.37 Å². The van der Waals surface area contributed by atoms with Gasteiger partial charge in [-0.2, -0.15) is 4.37 Å². The molecule has 0 amide bonds. The number of sulfonamides is 1. The van der Waals surface area contributed by atoms with E-state index >= 15 is 0 Å². The lowest BCUT2D eigenvalue weighted by molar-refractivity contribution is -0.139. The van der Waals surface area contributed by atoms with Crippen LogP contribution in [0.15, 0.2) is 40.7 Å². The number of para-hydroxylation sites is 1. The maximum atomic E-state index is 12.9. The second kappa shape index (κ2) is 4.79. The van der Waals surface area contributed by atoms with Crippen LogP contribution >= 0.6 is 11.5 Å². The molecule has 1 atom stereocenters. The number of carboxylic acid groups (broad SMARTS) is 1. The monoisotopic (exact) mass is 338 g/mol. The van der Waals surface area contributed by atoms with Crippen LogP contribution in [-0.2, 0) is 20.2 Å². The lowest BCUT2D eigenvalue weighted by Crippen LogP contribution is -2.49. The Labute approximate surface area is 132 Å². The topological polar surface area (TPSA) is 87.6 Å². The first-order valence-corrected chi connectivity index (χ1v) is 8.76. The predicted molar refractivity (Wildman–Crippen MR) is 82.7 cm³/mol. The molecule has 0 fully saturated rings. The minimum atomic E-state index is -3.97. The number of fused-ring (bicyclic) bond motifs is 1. The number of nitrogens with zero attached hydrogens (tertiary/aromatic N) is 2. The van der Waals surface area contributed by atoms with Crippen LogP contribution in [0.2, 0.25) is 0 Å². The highest BCUT2D eigenvalue weighted by Crippen LogP contribution is 2.47. The van der Waals surface area contributed by atoms with Gasteiger partial charge in [0.05, 0.1) is 5.69 Å². The standard InChI is InChI=1S/C14H14N2O4S2/c1-14(2)9-5-3-4-6-10(9)16(12(14)13(17)18)22(19,20)11-7-8-15-21-11/h3-8,12H,1-2H3,(H,17,18). The first-order chi connectivity index (χ1) is 10.3. The average molecular weight is 338 g/mol. The fraction of sp³-hybridized carbons (Fsp3) is 0.286. The fourth-order valence-electron chi connectivity index (χ4n) is 2.90. The number of carbonyl (C=O) groups is 1. The molecular formula is C14H14N2O4S2. The van der Waals surface area contributed by atoms with Crippen LogP contribution in [0.3, 0.4) is 0 Å². The molecule has 0 saturated carbocycles. The molecular weight excluding hydrogens is 324 g/mol. The second-order valence-electron chi connectivity index (χ2n) is 5.61. The maximum Gasteiger partial charge on any atom is 0.328 e. The number of benzene rings is 1. The van der Waals surface area contributed by atoms with E-state index in [4.69, 9.17) is 0 Å². The second-order valence-corrected chi connectivity index (χ2v) is 8.49. The molecule has 2 aromatic rings. The zero-order valence-electron chi connectivity index (χ0n) is 11.9. The molecule has 1 N–H and O–H groups in total. The normalized spacial score (nSPS) is 19.9. The molecule has 8 heteroatoms. The minimum Gasteiger partial charge on any atom is -0.480 e. The summed E-state index contributed by atoms with van der Waals surface area (Å²) in [4.78, 5) is 11.8. The summed E-state index contributed by atoms with van der Waals surface area (Å²) in [6, 6.07) is 7.08. The summed E-state index contributed by atoms with van der Waals surface area (Å²) in [5, 5.41) is 9.63. The number of aliphatic carboxylic acids is 1. The third kappa shape index (κ3) is 1.94. The van der Waals surface area contributed by atoms with Crippen LogP contribution in [0, 0.1) is 0 Å². The third-order valence-electron chi connectivity index (χ3n) is 3.92. The van der Waals surface area contributed by atoms with E-state index in [9.17, 15) is 18.3 Å². The van der Waals surface area contributed by atoms with Crippen molar-refractivity contribution < 1.29 is 18.3 Å². The zero-order chi connectivity index (χ0) is 16.1. The summed E-state index contributed by atoms with van der Waals surface area (Å²) >= 11 is 0.833. The highest BCUT2D eigenvalue weighted by Gasteiger charge is 2.53. The zero-order valence-corrected chi connectivity index (χ0v) is 13.6. The van der Waals surface area contributed by atoms with Gasteiger partial charge in [0.1, 0.15) is 0 Å². The van der Waals surface area contributed by atoms with Crippen molar-refractivity contribution in [2.75, 3.05) is 4.31 Å². The van der Waals surface area contributed by atoms with Crippen LogP contribution in [0.4, 0.5) is 5.69 Å². The Bertz CT molecular complexity index is 828. The van der Waals surface area contributed by atoms with E-state index in [2.05, 4.69) is 4.37 Å². The Morgan fingerprint density at radius 3 is 2.59 bits per heavy atom. The van der Waals surface area contributed by atoms with Crippen molar-refractivity contribution >= 4 is 33.2 Å². The molecule has 1 aromatic carbocycles. The Morgan fingerprint density at radius 2 is 2.00 bits per heavy atom. The molecule has 1 aliphatic heterocycles. The summed E-state index contributed by atoms with van der Waals surface area (Å²) in [6.45, 7) is 3.49. The molecule has 0 spiro atoms. The maximum absolute atomic E-state index is 12.9. The number of anilines is 1. The Morgan fingerprint density at radius 1 is 1.32 bits per heavy atom. The molecule has 0 bridgehead atoms. The average Bonchev–Trinajstić information content (AvgIpc) is 3.05. The van der Waals surface area contributed by atoms with Gasteiger partial charge in [0, 0.05) is 11.6 Å². The van der Waals surface area contributed by atoms with Gasteiger partial charge in [-0.25, -0.2) is 13.2 Å². The molecule has 1 aromatic heterocycles. The predicted octanol–water partition coefficient (Wildman–Crippen LogP) is 2.08. The molecule has 22 heavy (non-hydrogen) atoms. The number of aromatic nitrogens is 1. The van der Waals surface area contributed by atoms with Gasteiger partial charge < -0.3 is 5.11 Å². The highest BCUT2D eigenvalue weighted by molar-refractivity contribution is 7.94. The molecule has 1 aliphatic rings. The summed E-state index contributed by atoms with van der Waals surface area (Å²) < 4.78 is 30.6. The Kier molecular flexibility index (Phi) is 3.26. The largest absolute Gasteiger partial charge is 0.480 e. The summed E-state index contributed by atoms with van der Waals surface area (Å²) in [6.07, 6.45) is 1.39. The first-order valence-electron chi connectivity index (χ1n) is 6.55. The lowest BCUT2D eigenvalue weighted by atomic mass is 9.81. The van der Waals surface area contributed by atoms with Gasteiger partial charge in [-0.1, -0.05) is 32.0 Å². The van der Waals surface area contributed by atoms with Crippen molar-refractivity contribution in [2.45, 2.75) is 29.5 Å². The summed E-state index contributed by atoms with van der Waals surface area (Å²) in [5.74, 6) is -1.17. The molecule has 2 heterocycles. The van der Waals surface area contributed by atoms with E-state index in [-0.39, 0.29) is 4.21 Å². The van der Waals surface area contributed by atoms with Gasteiger partial charge in [0.2, 0.25) is 0 Å². The van der Waals surface area contributed by atoms with Crippen molar-refractivity contribution in [2.24, 2.45) is 0 Å². The Hall–Kier alpha value is -1.93. The van der Waals surface area contributed by atoms with Gasteiger partial charge in [-0.15, -0.1) is 0 Å². The summed E-state index contributed by atoms with van der Waals surface area (Å²) in [7, 11) is -3.97. The fourth-order valence-corrected chi connectivity index (χ4v) is 5.47. The number of carboxylic acids is 1. The lowest BCUT2D eigenvalue weighted by Gasteiger charge is -2.29. The molecule has 116 valence electrons. The quantitative estimate of drug-likeness (QED) is 0.926. The third-order valence-corrected chi connectivity index (χ3v) is 6.88. The molecule has 3 rings (SSSR count). The van der Waals surface area contributed by atoms with E-state index in [1.165, 1.54) is 12.3 Å². The smallest absolute Gasteiger partial charge is 0.328 e. The Balaban J connectivity index is 2.28. The molecule has 1 unspecified atom stereocenters. The molecule has 0 saturated heterocycles. The van der Waals surface area contributed by atoms with Crippen molar-refractivity contribution in [3.05, 3.63) is 42.1 Å². The van der Waals surface area contributed by atoms with Crippen molar-refractivity contribution in [3.8, 4) is 0 Å². The number of hydrogen-bond donors (Lipinski definition) is 1. The van der Waals surface area contributed by atoms with E-state index in [1.54, 1.807) is 38.1 Å². The van der Waals surface area contributed by atoms with Gasteiger partial charge in [-0.05, 0) is 29.2 Å².